The van der Waals surface area contributed by atoms with Crippen molar-refractivity contribution in [1.29, 1.82) is 0 Å². The van der Waals surface area contributed by atoms with E-state index < -0.39 is 0 Å². The molecule has 2 fully saturated rings. The van der Waals surface area contributed by atoms with Crippen LogP contribution in [0.2, 0.25) is 5.02 Å². The van der Waals surface area contributed by atoms with Crippen molar-refractivity contribution < 1.29 is 4.79 Å². The van der Waals surface area contributed by atoms with Crippen molar-refractivity contribution in [2.45, 2.75) is 32.2 Å². The van der Waals surface area contributed by atoms with Gasteiger partial charge in [-0.1, -0.05) is 23.7 Å². The molecule has 0 aromatic heterocycles. The topological polar surface area (TPSA) is 35.6 Å². The van der Waals surface area contributed by atoms with Crippen LogP contribution in [0.25, 0.3) is 0 Å². The van der Waals surface area contributed by atoms with Gasteiger partial charge in [0, 0.05) is 44.2 Å². The highest BCUT2D eigenvalue weighted by molar-refractivity contribution is 6.30. The van der Waals surface area contributed by atoms with E-state index >= 15 is 0 Å². The van der Waals surface area contributed by atoms with Gasteiger partial charge in [-0.05, 0) is 56.0 Å². The molecular weight excluding hydrogens is 393 g/mol. The van der Waals surface area contributed by atoms with E-state index in [1.54, 1.807) is 0 Å². The molecule has 1 N–H and O–H groups in total. The third kappa shape index (κ3) is 7.24. The number of benzene rings is 1. The highest BCUT2D eigenvalue weighted by atomic mass is 35.5. The molecule has 2 saturated heterocycles. The quantitative estimate of drug-likeness (QED) is 0.787. The molecule has 0 radical (unpaired) electrons. The molecule has 1 amide bonds. The summed E-state index contributed by atoms with van der Waals surface area (Å²) in [6, 6.07) is 8.04. The summed E-state index contributed by atoms with van der Waals surface area (Å²) < 4.78 is 0. The van der Waals surface area contributed by atoms with Crippen molar-refractivity contribution in [3.8, 4) is 0 Å². The van der Waals surface area contributed by atoms with Crippen molar-refractivity contribution in [2.75, 3.05) is 39.3 Å². The number of carbonyl (C=O) groups is 1. The predicted octanol–water partition coefficient (Wildman–Crippen LogP) is 3.61. The Hall–Kier alpha value is -0.520. The number of hydrogen-bond acceptors (Lipinski definition) is 3. The van der Waals surface area contributed by atoms with E-state index in [0.717, 1.165) is 69.6 Å². The molecule has 1 aromatic carbocycles. The first-order valence-electron chi connectivity index (χ1n) is 9.16. The van der Waals surface area contributed by atoms with Gasteiger partial charge in [0.05, 0.1) is 0 Å². The normalized spacial score (nSPS) is 18.7. The van der Waals surface area contributed by atoms with Gasteiger partial charge in [-0.3, -0.25) is 9.69 Å². The van der Waals surface area contributed by atoms with Gasteiger partial charge >= 0.3 is 0 Å². The zero-order valence-corrected chi connectivity index (χ0v) is 17.6. The molecule has 0 unspecified atom stereocenters. The Balaban J connectivity index is 0.00000169. The molecule has 1 aromatic rings. The average Bonchev–Trinajstić information content (AvgIpc) is 2.61. The predicted molar refractivity (Wildman–Crippen MR) is 113 cm³/mol. The number of nitrogens with zero attached hydrogens (tertiary/aromatic N) is 2. The Bertz CT molecular complexity index is 545. The highest BCUT2D eigenvalue weighted by Gasteiger charge is 2.22. The van der Waals surface area contributed by atoms with Crippen LogP contribution in [0.5, 0.6) is 0 Å². The van der Waals surface area contributed by atoms with Gasteiger partial charge in [-0.15, -0.1) is 24.8 Å². The zero-order valence-electron chi connectivity index (χ0n) is 15.2. The second-order valence-electron chi connectivity index (χ2n) is 7.02. The van der Waals surface area contributed by atoms with E-state index in [-0.39, 0.29) is 24.8 Å². The van der Waals surface area contributed by atoms with Crippen LogP contribution < -0.4 is 5.32 Å². The lowest BCUT2D eigenvalue weighted by molar-refractivity contribution is -0.133. The molecule has 2 aliphatic rings. The smallest absolute Gasteiger partial charge is 0.222 e. The van der Waals surface area contributed by atoms with Crippen LogP contribution in [0.4, 0.5) is 0 Å². The number of carbonyl (C=O) groups excluding carboxylic acids is 1. The van der Waals surface area contributed by atoms with Crippen molar-refractivity contribution in [1.82, 2.24) is 15.1 Å². The van der Waals surface area contributed by atoms with E-state index in [0.29, 0.717) is 5.91 Å². The molecule has 2 heterocycles. The third-order valence-electron chi connectivity index (χ3n) is 5.25. The van der Waals surface area contributed by atoms with Crippen molar-refractivity contribution in [3.05, 3.63) is 34.9 Å². The number of amides is 1. The summed E-state index contributed by atoms with van der Waals surface area (Å²) in [5.74, 6) is 1.08. The molecule has 7 heteroatoms. The molecule has 0 bridgehead atoms. The van der Waals surface area contributed by atoms with Gasteiger partial charge in [0.2, 0.25) is 5.91 Å². The number of piperidine rings is 1. The minimum atomic E-state index is 0. The number of rotatable bonds is 5. The van der Waals surface area contributed by atoms with Crippen LogP contribution in [0, 0.1) is 5.92 Å². The van der Waals surface area contributed by atoms with Crippen molar-refractivity contribution >= 4 is 42.3 Å². The highest BCUT2D eigenvalue weighted by Crippen LogP contribution is 2.19. The Kier molecular flexibility index (Phi) is 10.9. The van der Waals surface area contributed by atoms with E-state index in [1.807, 2.05) is 18.2 Å². The molecular formula is C19H30Cl3N3O. The molecule has 0 aliphatic carbocycles. The number of nitrogens with one attached hydrogen (secondary N) is 1. The molecule has 148 valence electrons. The van der Waals surface area contributed by atoms with Crippen molar-refractivity contribution in [2.24, 2.45) is 5.92 Å². The lowest BCUT2D eigenvalue weighted by Crippen LogP contribution is -2.48. The fourth-order valence-corrected chi connectivity index (χ4v) is 3.92. The van der Waals surface area contributed by atoms with Crippen LogP contribution >= 0.6 is 36.4 Å². The second kappa shape index (κ2) is 12.0. The minimum absolute atomic E-state index is 0. The van der Waals surface area contributed by atoms with Gasteiger partial charge < -0.3 is 10.2 Å². The average molecular weight is 423 g/mol. The van der Waals surface area contributed by atoms with E-state index in [1.165, 1.54) is 18.4 Å². The largest absolute Gasteiger partial charge is 0.340 e. The summed E-state index contributed by atoms with van der Waals surface area (Å²) in [5.41, 5.74) is 1.24. The summed E-state index contributed by atoms with van der Waals surface area (Å²) >= 11 is 6.05. The first kappa shape index (κ1) is 23.5. The Morgan fingerprint density at radius 1 is 1.12 bits per heavy atom. The molecule has 0 atom stereocenters. The van der Waals surface area contributed by atoms with Crippen LogP contribution in [0.1, 0.15) is 31.2 Å². The van der Waals surface area contributed by atoms with Crippen LogP contribution in [0.15, 0.2) is 24.3 Å². The van der Waals surface area contributed by atoms with Gasteiger partial charge in [0.25, 0.3) is 0 Å². The van der Waals surface area contributed by atoms with E-state index in [9.17, 15) is 4.79 Å². The van der Waals surface area contributed by atoms with Crippen LogP contribution in [-0.4, -0.2) is 55.0 Å². The maximum Gasteiger partial charge on any atom is 0.222 e. The summed E-state index contributed by atoms with van der Waals surface area (Å²) in [5, 5.41) is 4.18. The molecule has 3 rings (SSSR count). The first-order chi connectivity index (χ1) is 11.7. The summed E-state index contributed by atoms with van der Waals surface area (Å²) in [4.78, 5) is 16.9. The molecule has 0 saturated carbocycles. The van der Waals surface area contributed by atoms with Gasteiger partial charge in [-0.25, -0.2) is 0 Å². The lowest BCUT2D eigenvalue weighted by Gasteiger charge is -2.35. The van der Waals surface area contributed by atoms with Gasteiger partial charge in [0.15, 0.2) is 0 Å². The van der Waals surface area contributed by atoms with E-state index in [4.69, 9.17) is 11.6 Å². The Morgan fingerprint density at radius 2 is 1.81 bits per heavy atom. The zero-order chi connectivity index (χ0) is 16.8. The van der Waals surface area contributed by atoms with E-state index in [2.05, 4.69) is 21.2 Å². The number of hydrogen-bond donors (Lipinski definition) is 1. The lowest BCUT2D eigenvalue weighted by atomic mass is 9.93. The standard InChI is InChI=1S/C19H28ClN3O.2ClH/c20-18-3-1-2-17(14-18)15-22-10-12-23(13-11-22)19(24)5-4-16-6-8-21-9-7-16;;/h1-3,14,16,21H,4-13,15H2;2*1H. The van der Waals surface area contributed by atoms with Crippen LogP contribution in [-0.2, 0) is 11.3 Å². The Morgan fingerprint density at radius 3 is 2.46 bits per heavy atom. The number of halogens is 3. The molecule has 2 aliphatic heterocycles. The maximum atomic E-state index is 12.4. The maximum absolute atomic E-state index is 12.4. The summed E-state index contributed by atoms with van der Waals surface area (Å²) in [6.07, 6.45) is 4.23. The fourth-order valence-electron chi connectivity index (χ4n) is 3.71. The SMILES string of the molecule is Cl.Cl.O=C(CCC1CCNCC1)N1CCN(Cc2cccc(Cl)c2)CC1. The Labute approximate surface area is 174 Å². The fraction of sp³-hybridized carbons (Fsp3) is 0.632. The molecule has 26 heavy (non-hydrogen) atoms. The summed E-state index contributed by atoms with van der Waals surface area (Å²) in [7, 11) is 0. The third-order valence-corrected chi connectivity index (χ3v) is 5.48. The van der Waals surface area contributed by atoms with Gasteiger partial charge in [0.1, 0.15) is 0 Å². The van der Waals surface area contributed by atoms with Crippen LogP contribution in [0.3, 0.4) is 0 Å². The summed E-state index contributed by atoms with van der Waals surface area (Å²) in [6.45, 7) is 6.74. The second-order valence-corrected chi connectivity index (χ2v) is 7.46. The molecule has 0 spiro atoms. The minimum Gasteiger partial charge on any atom is -0.340 e. The van der Waals surface area contributed by atoms with Gasteiger partial charge in [-0.2, -0.15) is 0 Å². The number of piperazine rings is 1. The monoisotopic (exact) mass is 421 g/mol. The molecule has 4 nitrogen and oxygen atoms in total. The first-order valence-corrected chi connectivity index (χ1v) is 9.54. The van der Waals surface area contributed by atoms with Crippen molar-refractivity contribution in [3.63, 3.8) is 0 Å².